The molecule has 1 heterocycles. The summed E-state index contributed by atoms with van der Waals surface area (Å²) in [5, 5.41) is 35.4. The minimum absolute atomic E-state index is 0.0264. The van der Waals surface area contributed by atoms with Crippen molar-refractivity contribution in [3.05, 3.63) is 57.6 Å². The number of phenols is 2. The summed E-state index contributed by atoms with van der Waals surface area (Å²) in [7, 11) is -2.47. The molecule has 0 bridgehead atoms. The summed E-state index contributed by atoms with van der Waals surface area (Å²) in [6.45, 7) is 13.4. The number of hydrogen-bond acceptors (Lipinski definition) is 13. The molecule has 7 atom stereocenters. The van der Waals surface area contributed by atoms with Crippen LogP contribution in [0.3, 0.4) is 0 Å². The fourth-order valence-electron chi connectivity index (χ4n) is 6.52. The lowest BCUT2D eigenvalue weighted by Crippen LogP contribution is -2.58. The number of esters is 2. The molecular weight excluding hydrogens is 795 g/mol. The van der Waals surface area contributed by atoms with Crippen LogP contribution >= 0.6 is 22.6 Å². The minimum Gasteiger partial charge on any atom is -0.507 e. The number of hydrogen-bond donors (Lipinski definition) is 3. The molecule has 13 nitrogen and oxygen atoms in total. The fourth-order valence-corrected chi connectivity index (χ4v) is 8.34. The number of carbonyl (C=O) groups is 5. The molecule has 15 heteroatoms. The summed E-state index contributed by atoms with van der Waals surface area (Å²) in [6, 6.07) is 6.01. The molecule has 276 valence electrons. The molecule has 3 N–H and O–H groups in total. The fraction of sp³-hybridized carbons (Fsp3) is 0.528. The minimum atomic E-state index is -2.47. The number of benzene rings is 2. The average Bonchev–Trinajstić information content (AvgIpc) is 3.03. The zero-order valence-electron chi connectivity index (χ0n) is 29.7. The third-order valence-electron chi connectivity index (χ3n) is 10.3. The third-order valence-corrected chi connectivity index (χ3v) is 16.0. The average molecular weight is 839 g/mol. The molecule has 0 unspecified atom stereocenters. The second kappa shape index (κ2) is 14.0. The Morgan fingerprint density at radius 2 is 1.49 bits per heavy atom. The Morgan fingerprint density at radius 3 is 2.02 bits per heavy atom. The van der Waals surface area contributed by atoms with Gasteiger partial charge in [-0.3, -0.25) is 24.0 Å². The zero-order chi connectivity index (χ0) is 38.0. The quantitative estimate of drug-likeness (QED) is 0.0938. The summed E-state index contributed by atoms with van der Waals surface area (Å²) >= 11 is 1.92. The van der Waals surface area contributed by atoms with Gasteiger partial charge in [-0.1, -0.05) is 67.6 Å². The van der Waals surface area contributed by atoms with Crippen LogP contribution in [0.25, 0.3) is 0 Å². The molecule has 2 aromatic carbocycles. The molecule has 3 aliphatic rings. The topological polar surface area (TPSA) is 192 Å². The summed E-state index contributed by atoms with van der Waals surface area (Å²) in [6.07, 6.45) is -6.60. The number of ether oxygens (including phenoxy) is 4. The lowest BCUT2D eigenvalue weighted by Gasteiger charge is -2.45. The summed E-state index contributed by atoms with van der Waals surface area (Å²) < 4.78 is 28.8. The Balaban J connectivity index is 1.61. The maximum atomic E-state index is 13.9. The van der Waals surface area contributed by atoms with E-state index in [2.05, 4.69) is 0 Å². The highest BCUT2D eigenvalue weighted by molar-refractivity contribution is 14.1. The maximum absolute atomic E-state index is 13.9. The summed E-state index contributed by atoms with van der Waals surface area (Å²) in [4.78, 5) is 65.5. The Labute approximate surface area is 310 Å². The van der Waals surface area contributed by atoms with Crippen LogP contribution in [0, 0.1) is 0 Å². The van der Waals surface area contributed by atoms with Crippen molar-refractivity contribution < 1.29 is 62.7 Å². The van der Waals surface area contributed by atoms with Crippen LogP contribution in [0.15, 0.2) is 24.3 Å². The molecule has 0 aromatic heterocycles. The van der Waals surface area contributed by atoms with Crippen molar-refractivity contribution in [1.29, 1.82) is 0 Å². The van der Waals surface area contributed by atoms with Gasteiger partial charge in [0.25, 0.3) is 0 Å². The summed E-state index contributed by atoms with van der Waals surface area (Å²) in [5.41, 5.74) is -3.32. The van der Waals surface area contributed by atoms with E-state index in [9.17, 15) is 39.3 Å². The standard InChI is InChI=1S/C36H43IO13Si/c1-16-32(48-17(2)38)33(49-18(3)39)27(37)34(47-16)50-22-14-36(45,23(40)15-46-51(7,8)35(4,5)6)13-21-24(22)31(44)26-25(30(21)43)28(41)19-11-9-10-12-20(19)29(26)42/h9-12,16,22,27,32-34,43-45H,13-15H2,1-8H3/t16-,22-,27+,32-,33-,34-,36+/m0/s1. The number of alkyl halides is 1. The molecule has 5 rings (SSSR count). The number of Topliss-reactive ketones (excluding diaryl/α,β-unsaturated/α-hetero) is 1. The number of rotatable bonds is 8. The summed E-state index contributed by atoms with van der Waals surface area (Å²) in [5.74, 6) is -4.75. The molecule has 1 aliphatic heterocycles. The molecule has 1 fully saturated rings. The van der Waals surface area contributed by atoms with Gasteiger partial charge in [0.05, 0.1) is 29.9 Å². The van der Waals surface area contributed by atoms with Gasteiger partial charge >= 0.3 is 11.9 Å². The SMILES string of the molecule is CC(=O)O[C@@H]1[C@@H](OC(C)=O)[C@@H](I)[C@H](O[C@H]2C[C@@](O)(C(=O)CO[Si](C)(C)C(C)(C)C)Cc3c(O)c4c(c(O)c32)C(=O)c2ccccc2C4=O)O[C@H]1C. The molecule has 1 saturated heterocycles. The highest BCUT2D eigenvalue weighted by atomic mass is 127. The van der Waals surface area contributed by atoms with E-state index in [0.29, 0.717) is 0 Å². The maximum Gasteiger partial charge on any atom is 0.303 e. The number of aromatic hydroxyl groups is 2. The van der Waals surface area contributed by atoms with Crippen LogP contribution in [0.1, 0.15) is 97.0 Å². The number of carbonyl (C=O) groups excluding carboxylic acids is 5. The van der Waals surface area contributed by atoms with Gasteiger partial charge < -0.3 is 38.7 Å². The predicted molar refractivity (Wildman–Crippen MR) is 192 cm³/mol. The van der Waals surface area contributed by atoms with E-state index >= 15 is 0 Å². The van der Waals surface area contributed by atoms with Crippen LogP contribution in [-0.2, 0) is 44.2 Å². The van der Waals surface area contributed by atoms with Gasteiger partial charge in [-0.2, -0.15) is 0 Å². The van der Waals surface area contributed by atoms with Gasteiger partial charge in [0.1, 0.15) is 21.0 Å². The third kappa shape index (κ3) is 7.12. The Morgan fingerprint density at radius 1 is 0.961 bits per heavy atom. The van der Waals surface area contributed by atoms with E-state index in [4.69, 9.17) is 23.4 Å². The number of ketones is 3. The number of aliphatic hydroxyl groups is 1. The number of fused-ring (bicyclic) bond motifs is 3. The first-order valence-corrected chi connectivity index (χ1v) is 20.7. The van der Waals surface area contributed by atoms with Gasteiger partial charge in [0.15, 0.2) is 44.2 Å². The molecular formula is C36H43IO13Si. The normalized spacial score (nSPS) is 27.6. The highest BCUT2D eigenvalue weighted by Gasteiger charge is 2.53. The van der Waals surface area contributed by atoms with Gasteiger partial charge in [-0.05, 0) is 25.1 Å². The predicted octanol–water partition coefficient (Wildman–Crippen LogP) is 4.61. The zero-order valence-corrected chi connectivity index (χ0v) is 32.9. The van der Waals surface area contributed by atoms with Crippen molar-refractivity contribution in [2.24, 2.45) is 0 Å². The van der Waals surface area contributed by atoms with Gasteiger partial charge in [0, 0.05) is 48.9 Å². The van der Waals surface area contributed by atoms with Crippen LogP contribution in [0.2, 0.25) is 18.1 Å². The van der Waals surface area contributed by atoms with Crippen LogP contribution in [-0.4, -0.2) is 93.7 Å². The molecule has 0 amide bonds. The van der Waals surface area contributed by atoms with Crippen molar-refractivity contribution in [2.45, 2.75) is 113 Å². The van der Waals surface area contributed by atoms with Crippen molar-refractivity contribution in [3.63, 3.8) is 0 Å². The smallest absolute Gasteiger partial charge is 0.303 e. The van der Waals surface area contributed by atoms with Gasteiger partial charge in [-0.15, -0.1) is 0 Å². The first-order chi connectivity index (χ1) is 23.6. The molecule has 0 radical (unpaired) electrons. The van der Waals surface area contributed by atoms with Gasteiger partial charge in [-0.25, -0.2) is 0 Å². The van der Waals surface area contributed by atoms with Crippen molar-refractivity contribution >= 4 is 60.2 Å². The Kier molecular flexibility index (Phi) is 10.7. The Bertz CT molecular complexity index is 1800. The van der Waals surface area contributed by atoms with E-state index in [0.717, 1.165) is 0 Å². The molecule has 51 heavy (non-hydrogen) atoms. The van der Waals surface area contributed by atoms with E-state index < -0.39 is 120 Å². The highest BCUT2D eigenvalue weighted by Crippen LogP contribution is 2.52. The first kappa shape index (κ1) is 39.0. The van der Waals surface area contributed by atoms with Crippen LogP contribution in [0.4, 0.5) is 0 Å². The Hall–Kier alpha value is -3.22. The second-order valence-corrected chi connectivity index (χ2v) is 21.1. The molecule has 2 aliphatic carbocycles. The van der Waals surface area contributed by atoms with E-state index in [1.54, 1.807) is 19.1 Å². The van der Waals surface area contributed by atoms with E-state index in [1.807, 2.05) is 56.5 Å². The lowest BCUT2D eigenvalue weighted by atomic mass is 9.72. The monoisotopic (exact) mass is 838 g/mol. The van der Waals surface area contributed by atoms with Crippen molar-refractivity contribution in [1.82, 2.24) is 0 Å². The van der Waals surface area contributed by atoms with Crippen molar-refractivity contribution in [3.8, 4) is 11.5 Å². The second-order valence-electron chi connectivity index (χ2n) is 14.9. The number of halogens is 1. The number of phenolic OH excluding ortho intramolecular Hbond substituents is 2. The first-order valence-electron chi connectivity index (χ1n) is 16.6. The van der Waals surface area contributed by atoms with Gasteiger partial charge in [0.2, 0.25) is 0 Å². The van der Waals surface area contributed by atoms with E-state index in [-0.39, 0.29) is 27.3 Å². The van der Waals surface area contributed by atoms with E-state index in [1.165, 1.54) is 26.0 Å². The van der Waals surface area contributed by atoms with Crippen LogP contribution in [0.5, 0.6) is 11.5 Å². The van der Waals surface area contributed by atoms with Crippen LogP contribution < -0.4 is 0 Å². The lowest BCUT2D eigenvalue weighted by molar-refractivity contribution is -0.265. The molecule has 0 saturated carbocycles. The van der Waals surface area contributed by atoms with Crippen molar-refractivity contribution in [2.75, 3.05) is 6.61 Å². The largest absolute Gasteiger partial charge is 0.507 e. The molecule has 0 spiro atoms. The molecule has 2 aromatic rings.